The van der Waals surface area contributed by atoms with E-state index in [0.717, 1.165) is 12.2 Å². The number of Topliss-reactive ketones (excluding diaryl/α,β-unsaturated/α-hetero) is 1. The van der Waals surface area contributed by atoms with E-state index in [-0.39, 0.29) is 5.78 Å². The van der Waals surface area contributed by atoms with Crippen LogP contribution in [-0.4, -0.2) is 23.4 Å². The Hall–Kier alpha value is -1.09. The number of rotatable bonds is 2. The summed E-state index contributed by atoms with van der Waals surface area (Å²) in [6, 6.07) is 4.17. The molecule has 3 nitrogen and oxygen atoms in total. The van der Waals surface area contributed by atoms with Crippen LogP contribution in [0.15, 0.2) is 12.1 Å². The molecule has 0 N–H and O–H groups in total. The van der Waals surface area contributed by atoms with Gasteiger partial charge in [0.2, 0.25) is 0 Å². The Morgan fingerprint density at radius 1 is 1.56 bits per heavy atom. The minimum atomic E-state index is -0.0457. The minimum Gasteiger partial charge on any atom is -0.369 e. The number of carbonyl (C=O) groups is 1. The second kappa shape index (κ2) is 4.42. The van der Waals surface area contributed by atoms with E-state index in [1.807, 2.05) is 12.1 Å². The summed E-state index contributed by atoms with van der Waals surface area (Å²) in [5.74, 6) is -0.0457. The number of hydrogen-bond acceptors (Lipinski definition) is 3. The Kier molecular flexibility index (Phi) is 3.15. The van der Waals surface area contributed by atoms with Gasteiger partial charge in [-0.05, 0) is 31.9 Å². The zero-order chi connectivity index (χ0) is 11.7. The highest BCUT2D eigenvalue weighted by molar-refractivity contribution is 6.29. The molecule has 0 spiro atoms. The first-order valence-electron chi connectivity index (χ1n) is 5.53. The van der Waals surface area contributed by atoms with Gasteiger partial charge in [0.25, 0.3) is 0 Å². The van der Waals surface area contributed by atoms with Crippen molar-refractivity contribution in [2.75, 3.05) is 11.4 Å². The molecule has 0 bridgehead atoms. The zero-order valence-electron chi connectivity index (χ0n) is 9.53. The lowest BCUT2D eigenvalue weighted by Gasteiger charge is -2.24. The van der Waals surface area contributed by atoms with E-state index in [1.54, 1.807) is 0 Å². The predicted octanol–water partition coefficient (Wildman–Crippen LogP) is 2.93. The number of anilines is 1. The number of halogens is 1. The third kappa shape index (κ3) is 2.19. The minimum absolute atomic E-state index is 0.0457. The fourth-order valence-corrected chi connectivity index (χ4v) is 2.35. The summed E-state index contributed by atoms with van der Waals surface area (Å²) in [5.41, 5.74) is 1.46. The summed E-state index contributed by atoms with van der Waals surface area (Å²) in [6.45, 7) is 4.73. The van der Waals surface area contributed by atoms with Gasteiger partial charge in [0, 0.05) is 25.2 Å². The lowest BCUT2D eigenvalue weighted by atomic mass is 10.2. The van der Waals surface area contributed by atoms with Crippen molar-refractivity contribution in [1.29, 1.82) is 0 Å². The van der Waals surface area contributed by atoms with Crippen molar-refractivity contribution in [3.63, 3.8) is 0 Å². The van der Waals surface area contributed by atoms with Crippen LogP contribution in [0.3, 0.4) is 0 Å². The van der Waals surface area contributed by atoms with Crippen molar-refractivity contribution in [2.24, 2.45) is 0 Å². The highest BCUT2D eigenvalue weighted by atomic mass is 35.5. The quantitative estimate of drug-likeness (QED) is 0.587. The van der Waals surface area contributed by atoms with Gasteiger partial charge in [-0.2, -0.15) is 0 Å². The van der Waals surface area contributed by atoms with E-state index in [2.05, 4.69) is 16.8 Å². The standard InChI is InChI=1S/C12H15ClN2O/c1-8-4-3-5-15(8)10-6-11(9(2)16)14-12(13)7-10/h6-8H,3-5H2,1-2H3. The molecule has 1 unspecified atom stereocenters. The first-order chi connectivity index (χ1) is 7.58. The van der Waals surface area contributed by atoms with Crippen LogP contribution in [0.5, 0.6) is 0 Å². The van der Waals surface area contributed by atoms with Crippen LogP contribution in [0.2, 0.25) is 5.15 Å². The molecule has 1 atom stereocenters. The molecule has 0 amide bonds. The molecule has 1 aliphatic heterocycles. The first kappa shape index (κ1) is 11.4. The summed E-state index contributed by atoms with van der Waals surface area (Å²) >= 11 is 5.93. The molecule has 16 heavy (non-hydrogen) atoms. The molecule has 0 aliphatic carbocycles. The second-order valence-corrected chi connectivity index (χ2v) is 4.66. The molecule has 1 aromatic rings. The van der Waals surface area contributed by atoms with E-state index in [4.69, 9.17) is 11.6 Å². The molecule has 1 aromatic heterocycles. The molecule has 1 aliphatic rings. The molecule has 1 fully saturated rings. The molecule has 2 heterocycles. The topological polar surface area (TPSA) is 33.2 Å². The normalized spacial score (nSPS) is 20.2. The largest absolute Gasteiger partial charge is 0.369 e. The van der Waals surface area contributed by atoms with Crippen molar-refractivity contribution in [3.8, 4) is 0 Å². The molecule has 0 saturated carbocycles. The Morgan fingerprint density at radius 2 is 2.31 bits per heavy atom. The van der Waals surface area contributed by atoms with Crippen LogP contribution in [0, 0.1) is 0 Å². The smallest absolute Gasteiger partial charge is 0.178 e. The molecular formula is C12H15ClN2O. The van der Waals surface area contributed by atoms with E-state index in [0.29, 0.717) is 16.9 Å². The van der Waals surface area contributed by atoms with E-state index in [9.17, 15) is 4.79 Å². The fraction of sp³-hybridized carbons (Fsp3) is 0.500. The molecule has 2 rings (SSSR count). The molecule has 0 aromatic carbocycles. The van der Waals surface area contributed by atoms with E-state index >= 15 is 0 Å². The van der Waals surface area contributed by atoms with Crippen molar-refractivity contribution in [1.82, 2.24) is 4.98 Å². The van der Waals surface area contributed by atoms with E-state index < -0.39 is 0 Å². The maximum absolute atomic E-state index is 11.3. The van der Waals surface area contributed by atoms with Crippen LogP contribution in [0.4, 0.5) is 5.69 Å². The van der Waals surface area contributed by atoms with Gasteiger partial charge < -0.3 is 4.90 Å². The van der Waals surface area contributed by atoms with Gasteiger partial charge in [-0.3, -0.25) is 4.79 Å². The van der Waals surface area contributed by atoms with E-state index in [1.165, 1.54) is 19.8 Å². The van der Waals surface area contributed by atoms with Gasteiger partial charge in [-0.15, -0.1) is 0 Å². The van der Waals surface area contributed by atoms with Gasteiger partial charge in [0.05, 0.1) is 0 Å². The summed E-state index contributed by atoms with van der Waals surface area (Å²) in [4.78, 5) is 17.6. The molecule has 4 heteroatoms. The van der Waals surface area contributed by atoms with Gasteiger partial charge in [-0.25, -0.2) is 4.98 Å². The number of aromatic nitrogens is 1. The lowest BCUT2D eigenvalue weighted by Crippen LogP contribution is -2.26. The molecule has 86 valence electrons. The van der Waals surface area contributed by atoms with Gasteiger partial charge >= 0.3 is 0 Å². The van der Waals surface area contributed by atoms with Crippen LogP contribution < -0.4 is 4.90 Å². The number of pyridine rings is 1. The zero-order valence-corrected chi connectivity index (χ0v) is 10.3. The average Bonchev–Trinajstić information content (AvgIpc) is 2.63. The molecule has 1 saturated heterocycles. The number of nitrogens with zero attached hydrogens (tertiary/aromatic N) is 2. The van der Waals surface area contributed by atoms with Crippen molar-refractivity contribution in [2.45, 2.75) is 32.7 Å². The van der Waals surface area contributed by atoms with Crippen molar-refractivity contribution in [3.05, 3.63) is 23.0 Å². The van der Waals surface area contributed by atoms with Gasteiger partial charge in [0.15, 0.2) is 5.78 Å². The molecular weight excluding hydrogens is 224 g/mol. The van der Waals surface area contributed by atoms with Crippen LogP contribution >= 0.6 is 11.6 Å². The Morgan fingerprint density at radius 3 is 2.88 bits per heavy atom. The maximum Gasteiger partial charge on any atom is 0.178 e. The monoisotopic (exact) mass is 238 g/mol. The highest BCUT2D eigenvalue weighted by Gasteiger charge is 2.21. The summed E-state index contributed by atoms with van der Waals surface area (Å²) in [5, 5.41) is 0.391. The fourth-order valence-electron chi connectivity index (χ4n) is 2.15. The van der Waals surface area contributed by atoms with Crippen LogP contribution in [0.1, 0.15) is 37.2 Å². The maximum atomic E-state index is 11.3. The number of hydrogen-bond donors (Lipinski definition) is 0. The Labute approximate surface area is 100 Å². The van der Waals surface area contributed by atoms with Crippen molar-refractivity contribution < 1.29 is 4.79 Å². The van der Waals surface area contributed by atoms with Crippen LogP contribution in [0.25, 0.3) is 0 Å². The second-order valence-electron chi connectivity index (χ2n) is 4.27. The average molecular weight is 239 g/mol. The lowest BCUT2D eigenvalue weighted by molar-refractivity contribution is 0.101. The van der Waals surface area contributed by atoms with Crippen LogP contribution in [-0.2, 0) is 0 Å². The third-order valence-corrected chi connectivity index (χ3v) is 3.22. The first-order valence-corrected chi connectivity index (χ1v) is 5.91. The Bertz CT molecular complexity index is 419. The number of ketones is 1. The summed E-state index contributed by atoms with van der Waals surface area (Å²) in [6.07, 6.45) is 2.38. The number of carbonyl (C=O) groups excluding carboxylic acids is 1. The van der Waals surface area contributed by atoms with Crippen molar-refractivity contribution >= 4 is 23.1 Å². The third-order valence-electron chi connectivity index (χ3n) is 3.02. The summed E-state index contributed by atoms with van der Waals surface area (Å²) in [7, 11) is 0. The SMILES string of the molecule is CC(=O)c1cc(N2CCCC2C)cc(Cl)n1. The van der Waals surface area contributed by atoms with Gasteiger partial charge in [-0.1, -0.05) is 11.6 Å². The molecule has 0 radical (unpaired) electrons. The highest BCUT2D eigenvalue weighted by Crippen LogP contribution is 2.27. The summed E-state index contributed by atoms with van der Waals surface area (Å²) < 4.78 is 0. The Balaban J connectivity index is 2.37. The van der Waals surface area contributed by atoms with Gasteiger partial charge in [0.1, 0.15) is 10.8 Å². The predicted molar refractivity (Wildman–Crippen MR) is 65.3 cm³/mol.